The van der Waals surface area contributed by atoms with Crippen molar-refractivity contribution in [2.75, 3.05) is 18.4 Å². The molecule has 1 fully saturated rings. The first kappa shape index (κ1) is 23.5. The number of amides is 1. The molecule has 1 heterocycles. The predicted molar refractivity (Wildman–Crippen MR) is 139 cm³/mol. The molecule has 1 atom stereocenters. The van der Waals surface area contributed by atoms with Gasteiger partial charge >= 0.3 is 0 Å². The van der Waals surface area contributed by atoms with Crippen LogP contribution >= 0.6 is 0 Å². The third kappa shape index (κ3) is 5.55. The molecule has 7 nitrogen and oxygen atoms in total. The number of nitrogens with zero attached hydrogens (tertiary/aromatic N) is 2. The Hall–Kier alpha value is -3.23. The minimum atomic E-state index is -3.74. The van der Waals surface area contributed by atoms with Gasteiger partial charge in [-0.05, 0) is 66.8 Å². The maximum Gasteiger partial charge on any atom is 0.262 e. The number of hydrogen-bond acceptors (Lipinski definition) is 5. The fourth-order valence-electron chi connectivity index (χ4n) is 4.59. The molecule has 3 aromatic carbocycles. The topological polar surface area (TPSA) is 90.9 Å². The van der Waals surface area contributed by atoms with Gasteiger partial charge in [0, 0.05) is 30.7 Å². The third-order valence-electron chi connectivity index (χ3n) is 6.65. The SMILES string of the molecule is CC(c1ccc2ccccc2c1)N(CC(=O)Nc1cccc(S(=O)(=O)NC2=NCCC2)c1)C1CC1. The first-order chi connectivity index (χ1) is 16.9. The average molecular weight is 491 g/mol. The van der Waals surface area contributed by atoms with E-state index in [1.165, 1.54) is 28.5 Å². The molecular weight excluding hydrogens is 460 g/mol. The van der Waals surface area contributed by atoms with E-state index in [0.717, 1.165) is 19.3 Å². The number of sulfonamides is 1. The summed E-state index contributed by atoms with van der Waals surface area (Å²) in [4.78, 5) is 19.5. The first-order valence-corrected chi connectivity index (χ1v) is 13.6. The molecule has 2 N–H and O–H groups in total. The number of rotatable bonds is 8. The summed E-state index contributed by atoms with van der Waals surface area (Å²) >= 11 is 0. The number of benzene rings is 3. The highest BCUT2D eigenvalue weighted by Gasteiger charge is 2.34. The van der Waals surface area contributed by atoms with Crippen molar-refractivity contribution in [2.45, 2.75) is 49.6 Å². The molecule has 0 radical (unpaired) electrons. The van der Waals surface area contributed by atoms with E-state index >= 15 is 0 Å². The Kier molecular flexibility index (Phi) is 6.58. The quantitative estimate of drug-likeness (QED) is 0.487. The van der Waals surface area contributed by atoms with Gasteiger partial charge in [-0.25, -0.2) is 8.42 Å². The molecule has 0 bridgehead atoms. The van der Waals surface area contributed by atoms with Gasteiger partial charge in [0.15, 0.2) is 0 Å². The maximum absolute atomic E-state index is 13.0. The summed E-state index contributed by atoms with van der Waals surface area (Å²) in [6.45, 7) is 3.02. The van der Waals surface area contributed by atoms with Gasteiger partial charge in [0.25, 0.3) is 10.0 Å². The molecular formula is C27H30N4O3S. The number of hydrogen-bond donors (Lipinski definition) is 2. The predicted octanol–water partition coefficient (Wildman–Crippen LogP) is 4.47. The summed E-state index contributed by atoms with van der Waals surface area (Å²) in [5, 5.41) is 5.28. The van der Waals surface area contributed by atoms with Crippen LogP contribution in [0.3, 0.4) is 0 Å². The van der Waals surface area contributed by atoms with Gasteiger partial charge in [-0.15, -0.1) is 0 Å². The zero-order valence-corrected chi connectivity index (χ0v) is 20.6. The van der Waals surface area contributed by atoms with E-state index in [1.807, 2.05) is 12.1 Å². The van der Waals surface area contributed by atoms with Crippen LogP contribution in [-0.2, 0) is 14.8 Å². The van der Waals surface area contributed by atoms with Gasteiger partial charge in [0.1, 0.15) is 5.84 Å². The Morgan fingerprint density at radius 2 is 1.86 bits per heavy atom. The Labute approximate surface area is 206 Å². The lowest BCUT2D eigenvalue weighted by atomic mass is 10.0. The molecule has 1 aliphatic carbocycles. The Bertz CT molecular complexity index is 1380. The van der Waals surface area contributed by atoms with Gasteiger partial charge in [-0.1, -0.05) is 42.5 Å². The standard InChI is InChI=1S/C27H30N4O3S/c1-19(21-12-11-20-6-2-3-7-22(20)16-21)31(24-13-14-24)18-27(32)29-23-8-4-9-25(17-23)35(33,34)30-26-10-5-15-28-26/h2-4,6-9,11-12,16-17,19,24H,5,10,13-15,18H2,1H3,(H,28,30)(H,29,32). The van der Waals surface area contributed by atoms with Crippen molar-refractivity contribution in [3.05, 3.63) is 72.3 Å². The van der Waals surface area contributed by atoms with Crippen molar-refractivity contribution < 1.29 is 13.2 Å². The second-order valence-corrected chi connectivity index (χ2v) is 11.0. The Balaban J connectivity index is 1.28. The molecule has 35 heavy (non-hydrogen) atoms. The second-order valence-electron chi connectivity index (χ2n) is 9.30. The molecule has 0 aromatic heterocycles. The van der Waals surface area contributed by atoms with E-state index in [2.05, 4.69) is 57.2 Å². The summed E-state index contributed by atoms with van der Waals surface area (Å²) in [5.74, 6) is 0.328. The number of carbonyl (C=O) groups is 1. The molecule has 3 aromatic rings. The summed E-state index contributed by atoms with van der Waals surface area (Å²) in [5.41, 5.74) is 1.64. The van der Waals surface area contributed by atoms with Crippen LogP contribution in [0.25, 0.3) is 10.8 Å². The van der Waals surface area contributed by atoms with Crippen LogP contribution in [0.2, 0.25) is 0 Å². The minimum Gasteiger partial charge on any atom is -0.325 e. The highest BCUT2D eigenvalue weighted by molar-refractivity contribution is 7.90. The summed E-state index contributed by atoms with van der Waals surface area (Å²) < 4.78 is 28.0. The van der Waals surface area contributed by atoms with Crippen LogP contribution < -0.4 is 10.0 Å². The van der Waals surface area contributed by atoms with Gasteiger partial charge < -0.3 is 5.32 Å². The van der Waals surface area contributed by atoms with Crippen molar-refractivity contribution in [1.29, 1.82) is 0 Å². The van der Waals surface area contributed by atoms with Gasteiger partial charge in [-0.3, -0.25) is 19.4 Å². The highest BCUT2D eigenvalue weighted by Crippen LogP contribution is 2.35. The smallest absolute Gasteiger partial charge is 0.262 e. The Morgan fingerprint density at radius 1 is 1.06 bits per heavy atom. The van der Waals surface area contributed by atoms with Crippen molar-refractivity contribution in [3.63, 3.8) is 0 Å². The summed E-state index contributed by atoms with van der Waals surface area (Å²) in [6, 6.07) is 21.6. The average Bonchev–Trinajstić information content (AvgIpc) is 3.58. The van der Waals surface area contributed by atoms with Crippen LogP contribution in [-0.4, -0.2) is 44.2 Å². The van der Waals surface area contributed by atoms with Crippen molar-refractivity contribution in [2.24, 2.45) is 4.99 Å². The second kappa shape index (κ2) is 9.79. The summed E-state index contributed by atoms with van der Waals surface area (Å²) in [6.07, 6.45) is 3.63. The number of anilines is 1. The Morgan fingerprint density at radius 3 is 2.60 bits per heavy atom. The molecule has 1 saturated carbocycles. The van der Waals surface area contributed by atoms with Crippen LogP contribution in [0.1, 0.15) is 44.2 Å². The van der Waals surface area contributed by atoms with Crippen LogP contribution in [0.4, 0.5) is 5.69 Å². The van der Waals surface area contributed by atoms with E-state index in [-0.39, 0.29) is 23.4 Å². The van der Waals surface area contributed by atoms with Crippen LogP contribution in [0, 0.1) is 0 Å². The fourth-order valence-corrected chi connectivity index (χ4v) is 5.73. The van der Waals surface area contributed by atoms with E-state index < -0.39 is 10.0 Å². The fraction of sp³-hybridized carbons (Fsp3) is 0.333. The number of aliphatic imine (C=N–C) groups is 1. The lowest BCUT2D eigenvalue weighted by Gasteiger charge is -2.29. The molecule has 1 aliphatic heterocycles. The maximum atomic E-state index is 13.0. The van der Waals surface area contributed by atoms with Gasteiger partial charge in [0.05, 0.1) is 11.4 Å². The largest absolute Gasteiger partial charge is 0.325 e. The molecule has 5 rings (SSSR count). The first-order valence-electron chi connectivity index (χ1n) is 12.1. The number of amidine groups is 1. The van der Waals surface area contributed by atoms with Crippen molar-refractivity contribution in [3.8, 4) is 0 Å². The molecule has 0 saturated heterocycles. The van der Waals surface area contributed by atoms with E-state index in [1.54, 1.807) is 12.1 Å². The van der Waals surface area contributed by atoms with Crippen LogP contribution in [0.15, 0.2) is 76.6 Å². The van der Waals surface area contributed by atoms with Crippen molar-refractivity contribution in [1.82, 2.24) is 9.62 Å². The lowest BCUT2D eigenvalue weighted by molar-refractivity contribution is -0.118. The van der Waals surface area contributed by atoms with E-state index in [4.69, 9.17) is 0 Å². The molecule has 0 spiro atoms. The third-order valence-corrected chi connectivity index (χ3v) is 8.03. The number of carbonyl (C=O) groups excluding carboxylic acids is 1. The lowest BCUT2D eigenvalue weighted by Crippen LogP contribution is -2.37. The molecule has 2 aliphatic rings. The number of nitrogens with one attached hydrogen (secondary N) is 2. The zero-order valence-electron chi connectivity index (χ0n) is 19.8. The zero-order chi connectivity index (χ0) is 24.4. The van der Waals surface area contributed by atoms with Gasteiger partial charge in [0.2, 0.25) is 5.91 Å². The molecule has 182 valence electrons. The normalized spacial score (nSPS) is 16.8. The van der Waals surface area contributed by atoms with E-state index in [9.17, 15) is 13.2 Å². The van der Waals surface area contributed by atoms with Gasteiger partial charge in [-0.2, -0.15) is 0 Å². The minimum absolute atomic E-state index is 0.0842. The van der Waals surface area contributed by atoms with Crippen molar-refractivity contribution >= 4 is 38.2 Å². The molecule has 1 unspecified atom stereocenters. The molecule has 1 amide bonds. The monoisotopic (exact) mass is 490 g/mol. The highest BCUT2D eigenvalue weighted by atomic mass is 32.2. The summed E-state index contributed by atoms with van der Waals surface area (Å²) in [7, 11) is -3.74. The van der Waals surface area contributed by atoms with E-state index in [0.29, 0.717) is 30.5 Å². The number of fused-ring (bicyclic) bond motifs is 1. The molecule has 8 heteroatoms. The van der Waals surface area contributed by atoms with Crippen LogP contribution in [0.5, 0.6) is 0 Å².